The lowest BCUT2D eigenvalue weighted by Gasteiger charge is -2.18. The largest absolute Gasteiger partial charge is 0.365 e. The van der Waals surface area contributed by atoms with Gasteiger partial charge in [0.05, 0.1) is 5.88 Å². The Balaban J connectivity index is 1.77. The van der Waals surface area contributed by atoms with Gasteiger partial charge in [0.25, 0.3) is 0 Å². The molecule has 0 saturated heterocycles. The van der Waals surface area contributed by atoms with Gasteiger partial charge in [-0.3, -0.25) is 0 Å². The molecule has 0 saturated carbocycles. The summed E-state index contributed by atoms with van der Waals surface area (Å²) in [6.07, 6.45) is 14.3. The molecule has 0 aromatic heterocycles. The molecular formula is C16H31NS. The summed E-state index contributed by atoms with van der Waals surface area (Å²) >= 11 is 1.94. The van der Waals surface area contributed by atoms with Crippen molar-refractivity contribution in [2.45, 2.75) is 78.1 Å². The summed E-state index contributed by atoms with van der Waals surface area (Å²) in [6, 6.07) is 0. The van der Waals surface area contributed by atoms with Crippen molar-refractivity contribution in [3.8, 4) is 0 Å². The summed E-state index contributed by atoms with van der Waals surface area (Å²) in [5.74, 6) is 1.18. The molecule has 1 aliphatic rings. The van der Waals surface area contributed by atoms with E-state index in [1.54, 1.807) is 0 Å². The first-order valence-corrected chi connectivity index (χ1v) is 8.92. The third-order valence-electron chi connectivity index (χ3n) is 3.76. The second-order valence-corrected chi connectivity index (χ2v) is 6.33. The van der Waals surface area contributed by atoms with Gasteiger partial charge >= 0.3 is 0 Å². The van der Waals surface area contributed by atoms with Crippen LogP contribution in [0.25, 0.3) is 0 Å². The third-order valence-corrected chi connectivity index (χ3v) is 4.73. The lowest BCUT2D eigenvalue weighted by Crippen LogP contribution is -2.18. The lowest BCUT2D eigenvalue weighted by molar-refractivity contribution is 0.391. The third kappa shape index (κ3) is 7.35. The van der Waals surface area contributed by atoms with Crippen molar-refractivity contribution in [2.75, 3.05) is 12.4 Å². The number of rotatable bonds is 11. The molecule has 1 nitrogen and oxygen atoms in total. The monoisotopic (exact) mass is 269 g/mol. The van der Waals surface area contributed by atoms with Crippen molar-refractivity contribution in [3.63, 3.8) is 0 Å². The molecule has 0 aromatic rings. The average molecular weight is 269 g/mol. The van der Waals surface area contributed by atoms with E-state index < -0.39 is 0 Å². The highest BCUT2D eigenvalue weighted by Crippen LogP contribution is 2.22. The van der Waals surface area contributed by atoms with Crippen molar-refractivity contribution in [2.24, 2.45) is 0 Å². The fraction of sp³-hybridized carbons (Fsp3) is 0.875. The molecule has 0 spiro atoms. The SMILES string of the molecule is CCCCCCCCCCCCN1CSC=C1C. The van der Waals surface area contributed by atoms with E-state index in [1.807, 2.05) is 11.8 Å². The van der Waals surface area contributed by atoms with Crippen molar-refractivity contribution < 1.29 is 0 Å². The van der Waals surface area contributed by atoms with Crippen LogP contribution in [0.15, 0.2) is 11.1 Å². The Morgan fingerprint density at radius 3 is 2.00 bits per heavy atom. The zero-order chi connectivity index (χ0) is 13.1. The number of unbranched alkanes of at least 4 members (excludes halogenated alkanes) is 9. The van der Waals surface area contributed by atoms with E-state index in [9.17, 15) is 0 Å². The standard InChI is InChI=1S/C16H31NS/c1-3-4-5-6-7-8-9-10-11-12-13-17-15-18-14-16(17)2/h14H,3-13,15H2,1-2H3. The van der Waals surface area contributed by atoms with Gasteiger partial charge in [-0.2, -0.15) is 0 Å². The quantitative estimate of drug-likeness (QED) is 0.438. The van der Waals surface area contributed by atoms with Crippen LogP contribution in [0.5, 0.6) is 0 Å². The molecule has 0 aliphatic carbocycles. The normalized spacial score (nSPS) is 15.2. The minimum atomic E-state index is 1.18. The van der Waals surface area contributed by atoms with Gasteiger partial charge in [0.2, 0.25) is 0 Å². The molecule has 0 aromatic carbocycles. The van der Waals surface area contributed by atoms with Gasteiger partial charge in [-0.25, -0.2) is 0 Å². The molecule has 0 unspecified atom stereocenters. The summed E-state index contributed by atoms with van der Waals surface area (Å²) in [7, 11) is 0. The molecule has 0 bridgehead atoms. The number of hydrogen-bond acceptors (Lipinski definition) is 2. The molecule has 1 rings (SSSR count). The Morgan fingerprint density at radius 2 is 1.50 bits per heavy atom. The van der Waals surface area contributed by atoms with Crippen LogP contribution < -0.4 is 0 Å². The Morgan fingerprint density at radius 1 is 0.944 bits per heavy atom. The zero-order valence-corrected chi connectivity index (χ0v) is 13.2. The predicted octanol–water partition coefficient (Wildman–Crippen LogP) is 5.77. The highest BCUT2D eigenvalue weighted by molar-refractivity contribution is 8.02. The molecule has 1 aliphatic heterocycles. The highest BCUT2D eigenvalue weighted by Gasteiger charge is 2.09. The van der Waals surface area contributed by atoms with Gasteiger partial charge in [-0.15, -0.1) is 11.8 Å². The van der Waals surface area contributed by atoms with Gasteiger partial charge in [-0.05, 0) is 18.8 Å². The van der Waals surface area contributed by atoms with Crippen molar-refractivity contribution in [3.05, 3.63) is 11.1 Å². The summed E-state index contributed by atoms with van der Waals surface area (Å²) in [4.78, 5) is 2.51. The van der Waals surface area contributed by atoms with Crippen LogP contribution in [0, 0.1) is 0 Å². The first kappa shape index (κ1) is 15.9. The lowest BCUT2D eigenvalue weighted by atomic mass is 10.1. The van der Waals surface area contributed by atoms with E-state index in [2.05, 4.69) is 24.2 Å². The van der Waals surface area contributed by atoms with Crippen LogP contribution in [0.1, 0.15) is 78.1 Å². The van der Waals surface area contributed by atoms with Crippen LogP contribution in [0.4, 0.5) is 0 Å². The van der Waals surface area contributed by atoms with E-state index in [1.165, 1.54) is 82.3 Å². The van der Waals surface area contributed by atoms with Crippen molar-refractivity contribution in [1.29, 1.82) is 0 Å². The van der Waals surface area contributed by atoms with Crippen LogP contribution in [0.2, 0.25) is 0 Å². The van der Waals surface area contributed by atoms with E-state index in [-0.39, 0.29) is 0 Å². The van der Waals surface area contributed by atoms with Crippen molar-refractivity contribution >= 4 is 11.8 Å². The first-order valence-electron chi connectivity index (χ1n) is 7.88. The first-order chi connectivity index (χ1) is 8.84. The van der Waals surface area contributed by atoms with Crippen molar-refractivity contribution in [1.82, 2.24) is 4.90 Å². The number of thioether (sulfide) groups is 1. The maximum Gasteiger partial charge on any atom is 0.0677 e. The number of hydrogen-bond donors (Lipinski definition) is 0. The van der Waals surface area contributed by atoms with Crippen LogP contribution in [-0.2, 0) is 0 Å². The number of nitrogens with zero attached hydrogens (tertiary/aromatic N) is 1. The molecule has 106 valence electrons. The minimum Gasteiger partial charge on any atom is -0.365 e. The molecule has 18 heavy (non-hydrogen) atoms. The second kappa shape index (κ2) is 10.8. The summed E-state index contributed by atoms with van der Waals surface area (Å²) in [5, 5.41) is 2.29. The van der Waals surface area contributed by atoms with E-state index in [0.29, 0.717) is 0 Å². The van der Waals surface area contributed by atoms with E-state index >= 15 is 0 Å². The molecule has 0 atom stereocenters. The van der Waals surface area contributed by atoms with Crippen LogP contribution in [-0.4, -0.2) is 17.3 Å². The molecular weight excluding hydrogens is 238 g/mol. The molecule has 2 heteroatoms. The Kier molecular flexibility index (Phi) is 9.55. The Labute approximate surface area is 118 Å². The van der Waals surface area contributed by atoms with E-state index in [4.69, 9.17) is 0 Å². The van der Waals surface area contributed by atoms with Gasteiger partial charge in [-0.1, -0.05) is 64.7 Å². The fourth-order valence-electron chi connectivity index (χ4n) is 2.46. The molecule has 0 radical (unpaired) electrons. The van der Waals surface area contributed by atoms with Gasteiger partial charge in [0.1, 0.15) is 0 Å². The Bertz CT molecular complexity index is 225. The Hall–Kier alpha value is -0.110. The fourth-order valence-corrected chi connectivity index (χ4v) is 3.43. The van der Waals surface area contributed by atoms with Crippen LogP contribution >= 0.6 is 11.8 Å². The highest BCUT2D eigenvalue weighted by atomic mass is 32.2. The molecule has 0 fully saturated rings. The van der Waals surface area contributed by atoms with Gasteiger partial charge < -0.3 is 4.90 Å². The molecule has 1 heterocycles. The summed E-state index contributed by atoms with van der Waals surface area (Å²) < 4.78 is 0. The summed E-state index contributed by atoms with van der Waals surface area (Å²) in [6.45, 7) is 5.79. The second-order valence-electron chi connectivity index (χ2n) is 5.50. The van der Waals surface area contributed by atoms with Gasteiger partial charge in [0, 0.05) is 12.2 Å². The average Bonchev–Trinajstić information content (AvgIpc) is 2.77. The maximum atomic E-state index is 2.51. The predicted molar refractivity (Wildman–Crippen MR) is 84.8 cm³/mol. The summed E-state index contributed by atoms with van der Waals surface area (Å²) in [5.41, 5.74) is 1.47. The smallest absolute Gasteiger partial charge is 0.0677 e. The van der Waals surface area contributed by atoms with Crippen LogP contribution in [0.3, 0.4) is 0 Å². The maximum absolute atomic E-state index is 2.51. The minimum absolute atomic E-state index is 1.18. The molecule has 0 amide bonds. The van der Waals surface area contributed by atoms with Gasteiger partial charge in [0.15, 0.2) is 0 Å². The topological polar surface area (TPSA) is 3.24 Å². The zero-order valence-electron chi connectivity index (χ0n) is 12.4. The molecule has 0 N–H and O–H groups in total. The number of allylic oxidation sites excluding steroid dienone is 1. The van der Waals surface area contributed by atoms with E-state index in [0.717, 1.165) is 0 Å².